The van der Waals surface area contributed by atoms with Gasteiger partial charge in [-0.2, -0.15) is 0 Å². The Labute approximate surface area is 126 Å². The van der Waals surface area contributed by atoms with Gasteiger partial charge in [-0.05, 0) is 49.7 Å². The third-order valence-electron chi connectivity index (χ3n) is 5.22. The van der Waals surface area contributed by atoms with Gasteiger partial charge in [0, 0.05) is 20.2 Å². The molecule has 1 amide bonds. The van der Waals surface area contributed by atoms with Crippen LogP contribution in [0, 0.1) is 11.8 Å². The standard InChI is InChI=1S/C17H25NO3/c1-20-15-6-3-2-5-14(15)13-8-10-18(11-9-13)17(19)16-7-4-12-21-16/h4,7,12-15H,2-3,5-6,8-11H2,1H3. The van der Waals surface area contributed by atoms with Crippen LogP contribution >= 0.6 is 0 Å². The van der Waals surface area contributed by atoms with Gasteiger partial charge in [-0.15, -0.1) is 0 Å². The van der Waals surface area contributed by atoms with Gasteiger partial charge in [0.15, 0.2) is 5.76 Å². The smallest absolute Gasteiger partial charge is 0.289 e. The van der Waals surface area contributed by atoms with E-state index in [9.17, 15) is 4.79 Å². The SMILES string of the molecule is COC1CCCCC1C1CCN(C(=O)c2ccco2)CC1. The summed E-state index contributed by atoms with van der Waals surface area (Å²) in [5.41, 5.74) is 0. The van der Waals surface area contributed by atoms with E-state index in [-0.39, 0.29) is 5.91 Å². The Morgan fingerprint density at radius 1 is 1.24 bits per heavy atom. The van der Waals surface area contributed by atoms with E-state index in [0.717, 1.165) is 25.9 Å². The lowest BCUT2D eigenvalue weighted by atomic mass is 9.74. The van der Waals surface area contributed by atoms with Crippen molar-refractivity contribution < 1.29 is 13.9 Å². The normalized spacial score (nSPS) is 27.8. The lowest BCUT2D eigenvalue weighted by Crippen LogP contribution is -2.43. The van der Waals surface area contributed by atoms with Gasteiger partial charge in [0.2, 0.25) is 0 Å². The minimum absolute atomic E-state index is 0.0328. The number of likely N-dealkylation sites (tertiary alicyclic amines) is 1. The molecule has 2 fully saturated rings. The van der Waals surface area contributed by atoms with Crippen LogP contribution in [-0.4, -0.2) is 37.1 Å². The zero-order valence-electron chi connectivity index (χ0n) is 12.8. The molecule has 2 heterocycles. The summed E-state index contributed by atoms with van der Waals surface area (Å²) in [6, 6.07) is 3.52. The van der Waals surface area contributed by atoms with E-state index in [4.69, 9.17) is 9.15 Å². The van der Waals surface area contributed by atoms with Gasteiger partial charge in [0.05, 0.1) is 12.4 Å². The maximum absolute atomic E-state index is 12.3. The van der Waals surface area contributed by atoms with Gasteiger partial charge < -0.3 is 14.1 Å². The summed E-state index contributed by atoms with van der Waals surface area (Å²) in [6.45, 7) is 1.69. The topological polar surface area (TPSA) is 42.7 Å². The number of ether oxygens (including phenoxy) is 1. The average Bonchev–Trinajstić information content (AvgIpc) is 3.09. The zero-order chi connectivity index (χ0) is 14.7. The molecule has 1 saturated heterocycles. The number of furan rings is 1. The van der Waals surface area contributed by atoms with Crippen molar-refractivity contribution in [2.45, 2.75) is 44.6 Å². The summed E-state index contributed by atoms with van der Waals surface area (Å²) in [7, 11) is 1.85. The van der Waals surface area contributed by atoms with Gasteiger partial charge in [-0.3, -0.25) is 4.79 Å². The Bertz CT molecular complexity index is 449. The van der Waals surface area contributed by atoms with Crippen LogP contribution in [0.25, 0.3) is 0 Å². The monoisotopic (exact) mass is 291 g/mol. The Morgan fingerprint density at radius 2 is 2.00 bits per heavy atom. The van der Waals surface area contributed by atoms with E-state index < -0.39 is 0 Å². The van der Waals surface area contributed by atoms with Gasteiger partial charge in [0.1, 0.15) is 0 Å². The number of carbonyl (C=O) groups excluding carboxylic acids is 1. The molecule has 21 heavy (non-hydrogen) atoms. The molecule has 2 atom stereocenters. The lowest BCUT2D eigenvalue weighted by Gasteiger charge is -2.40. The van der Waals surface area contributed by atoms with Crippen LogP contribution in [0.2, 0.25) is 0 Å². The molecule has 1 aliphatic heterocycles. The molecule has 0 aromatic carbocycles. The highest BCUT2D eigenvalue weighted by molar-refractivity contribution is 5.91. The van der Waals surface area contributed by atoms with Gasteiger partial charge in [-0.1, -0.05) is 12.8 Å². The van der Waals surface area contributed by atoms with Crippen molar-refractivity contribution >= 4 is 5.91 Å². The van der Waals surface area contributed by atoms with Gasteiger partial charge in [0.25, 0.3) is 5.91 Å². The molecule has 4 heteroatoms. The van der Waals surface area contributed by atoms with Crippen LogP contribution in [-0.2, 0) is 4.74 Å². The third kappa shape index (κ3) is 3.15. The van der Waals surface area contributed by atoms with Crippen molar-refractivity contribution in [1.82, 2.24) is 4.90 Å². The molecule has 0 spiro atoms. The van der Waals surface area contributed by atoms with Crippen LogP contribution in [0.3, 0.4) is 0 Å². The third-order valence-corrected chi connectivity index (χ3v) is 5.22. The molecule has 1 aliphatic carbocycles. The Balaban J connectivity index is 1.56. The molecule has 2 aliphatic rings. The maximum atomic E-state index is 12.3. The Kier molecular flexibility index (Phi) is 4.63. The van der Waals surface area contributed by atoms with Crippen molar-refractivity contribution in [3.05, 3.63) is 24.2 Å². The lowest BCUT2D eigenvalue weighted by molar-refractivity contribution is -0.0147. The fourth-order valence-corrected chi connectivity index (χ4v) is 4.04. The highest BCUT2D eigenvalue weighted by Gasteiger charge is 2.35. The molecular formula is C17H25NO3. The van der Waals surface area contributed by atoms with Crippen molar-refractivity contribution in [2.75, 3.05) is 20.2 Å². The number of carbonyl (C=O) groups is 1. The number of hydrogen-bond donors (Lipinski definition) is 0. The first-order valence-electron chi connectivity index (χ1n) is 8.15. The van der Waals surface area contributed by atoms with E-state index in [0.29, 0.717) is 23.7 Å². The molecule has 0 radical (unpaired) electrons. The summed E-state index contributed by atoms with van der Waals surface area (Å²) in [6.07, 6.45) is 9.29. The van der Waals surface area contributed by atoms with E-state index in [1.165, 1.54) is 25.7 Å². The molecule has 0 bridgehead atoms. The van der Waals surface area contributed by atoms with E-state index in [1.54, 1.807) is 18.4 Å². The van der Waals surface area contributed by atoms with Crippen LogP contribution < -0.4 is 0 Å². The van der Waals surface area contributed by atoms with E-state index in [1.807, 2.05) is 12.0 Å². The second-order valence-electron chi connectivity index (χ2n) is 6.33. The van der Waals surface area contributed by atoms with E-state index >= 15 is 0 Å². The molecule has 1 saturated carbocycles. The molecule has 3 rings (SSSR count). The molecule has 2 unspecified atom stereocenters. The number of rotatable bonds is 3. The van der Waals surface area contributed by atoms with E-state index in [2.05, 4.69) is 0 Å². The summed E-state index contributed by atoms with van der Waals surface area (Å²) in [5, 5.41) is 0. The summed E-state index contributed by atoms with van der Waals surface area (Å²) in [5.74, 6) is 1.88. The maximum Gasteiger partial charge on any atom is 0.289 e. The first kappa shape index (κ1) is 14.6. The van der Waals surface area contributed by atoms with Crippen LogP contribution in [0.4, 0.5) is 0 Å². The summed E-state index contributed by atoms with van der Waals surface area (Å²) >= 11 is 0. The minimum atomic E-state index is 0.0328. The number of methoxy groups -OCH3 is 1. The van der Waals surface area contributed by atoms with Crippen molar-refractivity contribution in [3.63, 3.8) is 0 Å². The molecule has 1 aromatic rings. The number of hydrogen-bond acceptors (Lipinski definition) is 3. The molecule has 1 aromatic heterocycles. The van der Waals surface area contributed by atoms with Crippen LogP contribution in [0.5, 0.6) is 0 Å². The fourth-order valence-electron chi connectivity index (χ4n) is 4.04. The van der Waals surface area contributed by atoms with Crippen molar-refractivity contribution in [1.29, 1.82) is 0 Å². The van der Waals surface area contributed by atoms with Crippen LogP contribution in [0.15, 0.2) is 22.8 Å². The highest BCUT2D eigenvalue weighted by atomic mass is 16.5. The Hall–Kier alpha value is -1.29. The van der Waals surface area contributed by atoms with Gasteiger partial charge in [-0.25, -0.2) is 0 Å². The first-order chi connectivity index (χ1) is 10.3. The average molecular weight is 291 g/mol. The number of piperidine rings is 1. The molecular weight excluding hydrogens is 266 g/mol. The fraction of sp³-hybridized carbons (Fsp3) is 0.706. The summed E-state index contributed by atoms with van der Waals surface area (Å²) < 4.78 is 10.9. The Morgan fingerprint density at radius 3 is 2.67 bits per heavy atom. The largest absolute Gasteiger partial charge is 0.459 e. The quantitative estimate of drug-likeness (QED) is 0.858. The number of amides is 1. The second-order valence-corrected chi connectivity index (χ2v) is 6.33. The van der Waals surface area contributed by atoms with Crippen molar-refractivity contribution in [2.24, 2.45) is 11.8 Å². The predicted molar refractivity (Wildman–Crippen MR) is 80.1 cm³/mol. The molecule has 4 nitrogen and oxygen atoms in total. The second kappa shape index (κ2) is 6.65. The zero-order valence-corrected chi connectivity index (χ0v) is 12.8. The van der Waals surface area contributed by atoms with Gasteiger partial charge >= 0.3 is 0 Å². The van der Waals surface area contributed by atoms with Crippen LogP contribution in [0.1, 0.15) is 49.1 Å². The predicted octanol–water partition coefficient (Wildman–Crippen LogP) is 3.34. The number of nitrogens with zero attached hydrogens (tertiary/aromatic N) is 1. The summed E-state index contributed by atoms with van der Waals surface area (Å²) in [4.78, 5) is 14.2. The molecule has 116 valence electrons. The first-order valence-corrected chi connectivity index (χ1v) is 8.15. The minimum Gasteiger partial charge on any atom is -0.459 e. The molecule has 0 N–H and O–H groups in total. The highest BCUT2D eigenvalue weighted by Crippen LogP contribution is 2.37. The van der Waals surface area contributed by atoms with Crippen molar-refractivity contribution in [3.8, 4) is 0 Å².